The van der Waals surface area contributed by atoms with Gasteiger partial charge in [0.25, 0.3) is 0 Å². The van der Waals surface area contributed by atoms with Crippen LogP contribution in [0.15, 0.2) is 66.7 Å². The van der Waals surface area contributed by atoms with Gasteiger partial charge in [0.1, 0.15) is 6.10 Å². The summed E-state index contributed by atoms with van der Waals surface area (Å²) in [7, 11) is 0. The molecule has 0 radical (unpaired) electrons. The van der Waals surface area contributed by atoms with Crippen LogP contribution in [0.5, 0.6) is 0 Å². The summed E-state index contributed by atoms with van der Waals surface area (Å²) >= 11 is 0. The largest absolute Gasteiger partial charge is 0.458 e. The molecule has 20 heavy (non-hydrogen) atoms. The molecule has 0 N–H and O–H groups in total. The smallest absolute Gasteiger partial charge is 0.303 e. The van der Waals surface area contributed by atoms with Gasteiger partial charge in [-0.25, -0.2) is 0 Å². The zero-order valence-electron chi connectivity index (χ0n) is 11.5. The van der Waals surface area contributed by atoms with Crippen molar-refractivity contribution in [3.8, 4) is 0 Å². The van der Waals surface area contributed by atoms with Crippen molar-refractivity contribution < 1.29 is 9.53 Å². The lowest BCUT2D eigenvalue weighted by molar-refractivity contribution is -0.144. The van der Waals surface area contributed by atoms with Gasteiger partial charge in [-0.2, -0.15) is 0 Å². The molecule has 2 aromatic rings. The van der Waals surface area contributed by atoms with Gasteiger partial charge in [-0.3, -0.25) is 4.79 Å². The second kappa shape index (κ2) is 7.29. The average Bonchev–Trinajstić information content (AvgIpc) is 2.46. The summed E-state index contributed by atoms with van der Waals surface area (Å²) in [6.45, 7) is 1.44. The minimum atomic E-state index is -0.261. The quantitative estimate of drug-likeness (QED) is 0.768. The Bertz CT molecular complexity index is 558. The van der Waals surface area contributed by atoms with Crippen LogP contribution in [0.1, 0.15) is 18.1 Å². The Labute approximate surface area is 119 Å². The lowest BCUT2D eigenvalue weighted by Crippen LogP contribution is -2.16. The molecule has 0 saturated heterocycles. The minimum Gasteiger partial charge on any atom is -0.458 e. The van der Waals surface area contributed by atoms with Crippen molar-refractivity contribution in [3.05, 3.63) is 77.9 Å². The van der Waals surface area contributed by atoms with Crippen molar-refractivity contribution in [1.82, 2.24) is 0 Å². The lowest BCUT2D eigenvalue weighted by Gasteiger charge is -2.13. The van der Waals surface area contributed by atoms with Crippen LogP contribution >= 0.6 is 0 Å². The summed E-state index contributed by atoms with van der Waals surface area (Å²) in [6, 6.07) is 20.0. The minimum absolute atomic E-state index is 0.241. The van der Waals surface area contributed by atoms with E-state index in [9.17, 15) is 4.79 Å². The first kappa shape index (κ1) is 14.1. The van der Waals surface area contributed by atoms with Gasteiger partial charge >= 0.3 is 5.97 Å². The number of carbonyl (C=O) groups excluding carboxylic acids is 1. The van der Waals surface area contributed by atoms with Crippen LogP contribution in [-0.2, 0) is 16.0 Å². The van der Waals surface area contributed by atoms with Crippen molar-refractivity contribution in [1.29, 1.82) is 0 Å². The molecule has 2 nitrogen and oxygen atoms in total. The maximum atomic E-state index is 11.2. The first-order valence-corrected chi connectivity index (χ1v) is 6.68. The van der Waals surface area contributed by atoms with Crippen molar-refractivity contribution in [3.63, 3.8) is 0 Å². The van der Waals surface area contributed by atoms with E-state index in [1.54, 1.807) is 0 Å². The number of ether oxygens (including phenoxy) is 1. The van der Waals surface area contributed by atoms with E-state index in [1.165, 1.54) is 6.92 Å². The van der Waals surface area contributed by atoms with Gasteiger partial charge in [0.05, 0.1) is 0 Å². The van der Waals surface area contributed by atoms with E-state index in [0.29, 0.717) is 6.42 Å². The first-order valence-electron chi connectivity index (χ1n) is 6.68. The van der Waals surface area contributed by atoms with E-state index in [-0.39, 0.29) is 12.1 Å². The van der Waals surface area contributed by atoms with Gasteiger partial charge in [0.15, 0.2) is 0 Å². The van der Waals surface area contributed by atoms with E-state index in [0.717, 1.165) is 11.1 Å². The van der Waals surface area contributed by atoms with E-state index in [2.05, 4.69) is 0 Å². The van der Waals surface area contributed by atoms with Gasteiger partial charge in [0.2, 0.25) is 0 Å². The van der Waals surface area contributed by atoms with Crippen LogP contribution in [0.2, 0.25) is 0 Å². The molecule has 2 rings (SSSR count). The highest BCUT2D eigenvalue weighted by Crippen LogP contribution is 2.10. The topological polar surface area (TPSA) is 26.3 Å². The summed E-state index contributed by atoms with van der Waals surface area (Å²) in [5, 5.41) is 0. The predicted molar refractivity (Wildman–Crippen MR) is 81.2 cm³/mol. The summed E-state index contributed by atoms with van der Waals surface area (Å²) in [5.74, 6) is -0.261. The Balaban J connectivity index is 2.07. The second-order valence-corrected chi connectivity index (χ2v) is 4.61. The highest BCUT2D eigenvalue weighted by atomic mass is 16.5. The van der Waals surface area contributed by atoms with E-state index < -0.39 is 0 Å². The van der Waals surface area contributed by atoms with Crippen molar-refractivity contribution >= 4 is 12.0 Å². The third-order valence-corrected chi connectivity index (χ3v) is 2.90. The SMILES string of the molecule is CC(=O)OC(C=Cc1ccccc1)Cc1ccccc1. The molecule has 0 spiro atoms. The number of carbonyl (C=O) groups is 1. The van der Waals surface area contributed by atoms with Crippen LogP contribution in [0.4, 0.5) is 0 Å². The van der Waals surface area contributed by atoms with E-state index >= 15 is 0 Å². The maximum absolute atomic E-state index is 11.2. The molecule has 102 valence electrons. The van der Waals surface area contributed by atoms with Crippen LogP contribution in [0.25, 0.3) is 6.08 Å². The van der Waals surface area contributed by atoms with Gasteiger partial charge < -0.3 is 4.74 Å². The third kappa shape index (κ3) is 4.73. The third-order valence-electron chi connectivity index (χ3n) is 2.90. The Morgan fingerprint density at radius 1 is 1.05 bits per heavy atom. The normalized spacial score (nSPS) is 12.2. The Morgan fingerprint density at radius 2 is 1.65 bits per heavy atom. The molecular formula is C18H18O2. The molecule has 0 amide bonds. The average molecular weight is 266 g/mol. The van der Waals surface area contributed by atoms with Gasteiger partial charge in [-0.1, -0.05) is 66.7 Å². The van der Waals surface area contributed by atoms with Gasteiger partial charge in [-0.05, 0) is 17.2 Å². The van der Waals surface area contributed by atoms with Crippen LogP contribution in [-0.4, -0.2) is 12.1 Å². The Hall–Kier alpha value is -2.35. The summed E-state index contributed by atoms with van der Waals surface area (Å²) in [5.41, 5.74) is 2.24. The number of hydrogen-bond acceptors (Lipinski definition) is 2. The highest BCUT2D eigenvalue weighted by Gasteiger charge is 2.09. The van der Waals surface area contributed by atoms with E-state index in [1.807, 2.05) is 72.8 Å². The first-order chi connectivity index (χ1) is 9.74. The molecule has 1 unspecified atom stereocenters. The molecule has 0 saturated carbocycles. The molecular weight excluding hydrogens is 248 g/mol. The van der Waals surface area contributed by atoms with Crippen LogP contribution in [0.3, 0.4) is 0 Å². The predicted octanol–water partition coefficient (Wildman–Crippen LogP) is 3.87. The van der Waals surface area contributed by atoms with Crippen LogP contribution < -0.4 is 0 Å². The summed E-state index contributed by atoms with van der Waals surface area (Å²) in [4.78, 5) is 11.2. The molecule has 0 bridgehead atoms. The van der Waals surface area contributed by atoms with E-state index in [4.69, 9.17) is 4.74 Å². The fraction of sp³-hybridized carbons (Fsp3) is 0.167. The van der Waals surface area contributed by atoms with Gasteiger partial charge in [0, 0.05) is 13.3 Å². The molecule has 1 atom stereocenters. The summed E-state index contributed by atoms with van der Waals surface area (Å²) in [6.07, 6.45) is 4.36. The number of hydrogen-bond donors (Lipinski definition) is 0. The molecule has 0 fully saturated rings. The van der Waals surface area contributed by atoms with Crippen LogP contribution in [0, 0.1) is 0 Å². The molecule has 0 aliphatic carbocycles. The molecule has 0 aliphatic rings. The fourth-order valence-corrected chi connectivity index (χ4v) is 1.99. The fourth-order valence-electron chi connectivity index (χ4n) is 1.99. The molecule has 0 aromatic heterocycles. The zero-order chi connectivity index (χ0) is 14.2. The highest BCUT2D eigenvalue weighted by molar-refractivity contribution is 5.66. The number of esters is 1. The number of rotatable bonds is 5. The second-order valence-electron chi connectivity index (χ2n) is 4.61. The summed E-state index contributed by atoms with van der Waals surface area (Å²) < 4.78 is 5.35. The zero-order valence-corrected chi connectivity index (χ0v) is 11.5. The number of benzene rings is 2. The van der Waals surface area contributed by atoms with Crippen molar-refractivity contribution in [2.24, 2.45) is 0 Å². The Morgan fingerprint density at radius 3 is 2.25 bits per heavy atom. The van der Waals surface area contributed by atoms with Crippen molar-refractivity contribution in [2.45, 2.75) is 19.4 Å². The monoisotopic (exact) mass is 266 g/mol. The Kier molecular flexibility index (Phi) is 5.13. The van der Waals surface area contributed by atoms with Gasteiger partial charge in [-0.15, -0.1) is 0 Å². The maximum Gasteiger partial charge on any atom is 0.303 e. The molecule has 0 aliphatic heterocycles. The molecule has 2 aromatic carbocycles. The van der Waals surface area contributed by atoms with Crippen molar-refractivity contribution in [2.75, 3.05) is 0 Å². The molecule has 2 heteroatoms. The lowest BCUT2D eigenvalue weighted by atomic mass is 10.1. The molecule has 0 heterocycles. The standard InChI is InChI=1S/C18H18O2/c1-15(19)20-18(14-17-10-6-3-7-11-17)13-12-16-8-4-2-5-9-16/h2-13,18H,14H2,1H3.